The summed E-state index contributed by atoms with van der Waals surface area (Å²) < 4.78 is 0. The van der Waals surface area contributed by atoms with E-state index < -0.39 is 0 Å². The quantitative estimate of drug-likeness (QED) is 0.404. The number of aromatic nitrogens is 2. The van der Waals surface area contributed by atoms with Crippen LogP contribution in [-0.4, -0.2) is 9.97 Å². The van der Waals surface area contributed by atoms with Crippen LogP contribution in [0.5, 0.6) is 0 Å². The van der Waals surface area contributed by atoms with Crippen LogP contribution in [0.3, 0.4) is 0 Å². The van der Waals surface area contributed by atoms with Gasteiger partial charge in [-0.1, -0.05) is 54.1 Å². The molecule has 2 aromatic heterocycles. The average Bonchev–Trinajstić information content (AvgIpc) is 2.76. The van der Waals surface area contributed by atoms with Crippen LogP contribution in [0.15, 0.2) is 85.2 Å². The fourth-order valence-corrected chi connectivity index (χ4v) is 4.15. The molecule has 0 atom stereocenters. The Morgan fingerprint density at radius 3 is 2.03 bits per heavy atom. The molecule has 3 nitrogen and oxygen atoms in total. The fourth-order valence-electron chi connectivity index (χ4n) is 4.15. The van der Waals surface area contributed by atoms with E-state index in [0.717, 1.165) is 36.6 Å². The van der Waals surface area contributed by atoms with Crippen LogP contribution in [0.1, 0.15) is 23.1 Å². The monoisotopic (exact) mass is 377 g/mol. The van der Waals surface area contributed by atoms with Gasteiger partial charge in [0.05, 0.1) is 5.69 Å². The zero-order valence-electron chi connectivity index (χ0n) is 16.5. The molecule has 1 aliphatic heterocycles. The minimum absolute atomic E-state index is 0.980. The summed E-state index contributed by atoms with van der Waals surface area (Å²) in [5, 5.41) is 0. The number of fused-ring (bicyclic) bond motifs is 2. The molecular formula is C26H23N3. The van der Waals surface area contributed by atoms with Gasteiger partial charge >= 0.3 is 0 Å². The van der Waals surface area contributed by atoms with Gasteiger partial charge in [-0.25, -0.2) is 9.97 Å². The Morgan fingerprint density at radius 1 is 0.724 bits per heavy atom. The molecule has 4 aromatic rings. The SMILES string of the molecule is Cc1ccc(N2c3ncccc3CCCc3cccnc32)c(-c2ccccc2)c1. The molecule has 29 heavy (non-hydrogen) atoms. The van der Waals surface area contributed by atoms with Crippen LogP contribution < -0.4 is 4.90 Å². The third-order valence-electron chi connectivity index (χ3n) is 5.53. The second-order valence-corrected chi connectivity index (χ2v) is 7.55. The van der Waals surface area contributed by atoms with E-state index in [1.54, 1.807) is 0 Å². The van der Waals surface area contributed by atoms with Gasteiger partial charge in [0.1, 0.15) is 11.6 Å². The fraction of sp³-hybridized carbons (Fsp3) is 0.154. The van der Waals surface area contributed by atoms with Gasteiger partial charge < -0.3 is 0 Å². The number of hydrogen-bond acceptors (Lipinski definition) is 3. The second kappa shape index (κ2) is 7.51. The third-order valence-corrected chi connectivity index (χ3v) is 5.53. The molecule has 0 saturated heterocycles. The molecule has 0 radical (unpaired) electrons. The predicted octanol–water partition coefficient (Wildman–Crippen LogP) is 6.41. The molecule has 3 heteroatoms. The van der Waals surface area contributed by atoms with Gasteiger partial charge in [0.15, 0.2) is 0 Å². The maximum Gasteiger partial charge on any atom is 0.141 e. The molecule has 2 aromatic carbocycles. The zero-order valence-corrected chi connectivity index (χ0v) is 16.5. The molecule has 142 valence electrons. The maximum absolute atomic E-state index is 4.82. The van der Waals surface area contributed by atoms with Crippen LogP contribution in [0.25, 0.3) is 11.1 Å². The summed E-state index contributed by atoms with van der Waals surface area (Å²) in [6.45, 7) is 2.14. The first-order valence-electron chi connectivity index (χ1n) is 10.2. The van der Waals surface area contributed by atoms with E-state index in [0.29, 0.717) is 0 Å². The van der Waals surface area contributed by atoms with Gasteiger partial charge in [0, 0.05) is 18.0 Å². The van der Waals surface area contributed by atoms with E-state index in [-0.39, 0.29) is 0 Å². The first-order chi connectivity index (χ1) is 14.3. The van der Waals surface area contributed by atoms with Gasteiger partial charge in [-0.05, 0) is 67.1 Å². The normalized spacial score (nSPS) is 13.2. The number of hydrogen-bond donors (Lipinski definition) is 0. The van der Waals surface area contributed by atoms with Crippen molar-refractivity contribution >= 4 is 17.3 Å². The summed E-state index contributed by atoms with van der Waals surface area (Å²) in [5.74, 6) is 1.96. The predicted molar refractivity (Wildman–Crippen MR) is 119 cm³/mol. The van der Waals surface area contributed by atoms with Crippen LogP contribution in [0.2, 0.25) is 0 Å². The van der Waals surface area contributed by atoms with Crippen molar-refractivity contribution in [3.8, 4) is 11.1 Å². The van der Waals surface area contributed by atoms with Crippen molar-refractivity contribution in [2.45, 2.75) is 26.2 Å². The van der Waals surface area contributed by atoms with E-state index in [2.05, 4.69) is 72.5 Å². The summed E-state index contributed by atoms with van der Waals surface area (Å²) in [5.41, 5.74) is 7.28. The Morgan fingerprint density at radius 2 is 1.38 bits per heavy atom. The maximum atomic E-state index is 4.82. The van der Waals surface area contributed by atoms with Gasteiger partial charge in [-0.3, -0.25) is 4.90 Å². The van der Waals surface area contributed by atoms with Crippen molar-refractivity contribution in [3.63, 3.8) is 0 Å². The number of rotatable bonds is 2. The number of pyridine rings is 2. The van der Waals surface area contributed by atoms with Crippen LogP contribution >= 0.6 is 0 Å². The highest BCUT2D eigenvalue weighted by atomic mass is 15.2. The Kier molecular flexibility index (Phi) is 4.57. The molecule has 0 fully saturated rings. The lowest BCUT2D eigenvalue weighted by Gasteiger charge is -2.30. The molecule has 0 N–H and O–H groups in total. The van der Waals surface area contributed by atoms with Crippen molar-refractivity contribution in [3.05, 3.63) is 102 Å². The van der Waals surface area contributed by atoms with Crippen molar-refractivity contribution < 1.29 is 0 Å². The Bertz CT molecular complexity index is 1100. The van der Waals surface area contributed by atoms with E-state index in [4.69, 9.17) is 9.97 Å². The highest BCUT2D eigenvalue weighted by Gasteiger charge is 2.25. The molecular weight excluding hydrogens is 354 g/mol. The van der Waals surface area contributed by atoms with E-state index >= 15 is 0 Å². The smallest absolute Gasteiger partial charge is 0.141 e. The second-order valence-electron chi connectivity index (χ2n) is 7.55. The standard InChI is InChI=1S/C26H23N3/c1-19-14-15-24(23(18-19)20-8-3-2-4-9-20)29-25-21(12-6-16-27-25)10-5-11-22-13-7-17-28-26(22)29/h2-4,6-9,12-18H,5,10-11H2,1H3. The Labute approximate surface area is 171 Å². The number of benzene rings is 2. The lowest BCUT2D eigenvalue weighted by Crippen LogP contribution is -2.19. The summed E-state index contributed by atoms with van der Waals surface area (Å²) in [6.07, 6.45) is 6.89. The largest absolute Gasteiger partial charge is 0.278 e. The van der Waals surface area contributed by atoms with Gasteiger partial charge in [-0.15, -0.1) is 0 Å². The molecule has 0 spiro atoms. The van der Waals surface area contributed by atoms with Gasteiger partial charge in [-0.2, -0.15) is 0 Å². The number of nitrogens with zero attached hydrogens (tertiary/aromatic N) is 3. The van der Waals surface area contributed by atoms with E-state index in [9.17, 15) is 0 Å². The summed E-state index contributed by atoms with van der Waals surface area (Å²) >= 11 is 0. The number of aryl methyl sites for hydroxylation is 3. The van der Waals surface area contributed by atoms with E-state index in [1.165, 1.54) is 27.8 Å². The van der Waals surface area contributed by atoms with Crippen molar-refractivity contribution in [2.24, 2.45) is 0 Å². The van der Waals surface area contributed by atoms with Crippen LogP contribution in [0.4, 0.5) is 17.3 Å². The number of anilines is 3. The van der Waals surface area contributed by atoms with E-state index in [1.807, 2.05) is 24.5 Å². The Balaban J connectivity index is 1.81. The molecule has 5 rings (SSSR count). The van der Waals surface area contributed by atoms with Crippen LogP contribution in [-0.2, 0) is 12.8 Å². The third kappa shape index (κ3) is 3.29. The molecule has 3 heterocycles. The zero-order chi connectivity index (χ0) is 19.6. The molecule has 0 bridgehead atoms. The van der Waals surface area contributed by atoms with Gasteiger partial charge in [0.25, 0.3) is 0 Å². The Hall–Kier alpha value is -3.46. The first kappa shape index (κ1) is 17.6. The first-order valence-corrected chi connectivity index (χ1v) is 10.2. The lowest BCUT2D eigenvalue weighted by atomic mass is 9.97. The van der Waals surface area contributed by atoms with Crippen molar-refractivity contribution in [2.75, 3.05) is 4.90 Å². The van der Waals surface area contributed by atoms with Crippen LogP contribution in [0, 0.1) is 6.92 Å². The van der Waals surface area contributed by atoms with Crippen molar-refractivity contribution in [1.29, 1.82) is 0 Å². The molecule has 1 aliphatic rings. The molecule has 0 amide bonds. The molecule has 0 aliphatic carbocycles. The minimum atomic E-state index is 0.980. The topological polar surface area (TPSA) is 29.0 Å². The summed E-state index contributed by atoms with van der Waals surface area (Å²) in [7, 11) is 0. The lowest BCUT2D eigenvalue weighted by molar-refractivity contribution is 0.798. The highest BCUT2D eigenvalue weighted by Crippen LogP contribution is 2.43. The summed E-state index contributed by atoms with van der Waals surface area (Å²) in [6, 6.07) is 25.7. The molecule has 0 saturated carbocycles. The van der Waals surface area contributed by atoms with Crippen molar-refractivity contribution in [1.82, 2.24) is 9.97 Å². The highest BCUT2D eigenvalue weighted by molar-refractivity contribution is 5.88. The summed E-state index contributed by atoms with van der Waals surface area (Å²) in [4.78, 5) is 11.9. The average molecular weight is 377 g/mol. The van der Waals surface area contributed by atoms with Gasteiger partial charge in [0.2, 0.25) is 0 Å². The minimum Gasteiger partial charge on any atom is -0.278 e. The molecule has 0 unspecified atom stereocenters.